The molecule has 0 fully saturated rings. The molecule has 0 saturated carbocycles. The third-order valence-corrected chi connectivity index (χ3v) is 1.09. The highest BCUT2D eigenvalue weighted by molar-refractivity contribution is 5.73. The molecule has 0 rings (SSSR count). The van der Waals surface area contributed by atoms with Crippen molar-refractivity contribution in [3.05, 3.63) is 0 Å². The van der Waals surface area contributed by atoms with Crippen LogP contribution in [0.1, 0.15) is 0 Å². The third-order valence-electron chi connectivity index (χ3n) is 1.09. The monoisotopic (exact) mass is 313 g/mol. The summed E-state index contributed by atoms with van der Waals surface area (Å²) in [5.74, 6) is -3.41. The predicted molar refractivity (Wildman–Crippen MR) is 35.7 cm³/mol. The molecule has 0 aliphatic heterocycles. The summed E-state index contributed by atoms with van der Waals surface area (Å²) < 4.78 is 110. The molecule has 4 N–H and O–H groups in total. The molecule has 0 radical (unpaired) electrons. The van der Waals surface area contributed by atoms with Gasteiger partial charge in [0.1, 0.15) is 0 Å². The zero-order valence-electron chi connectivity index (χ0n) is 8.28. The minimum absolute atomic E-state index is 0. The van der Waals surface area contributed by atoms with Crippen LogP contribution in [0.15, 0.2) is 0 Å². The smallest absolute Gasteiger partial charge is 0.475 e. The summed E-state index contributed by atoms with van der Waals surface area (Å²) in [7, 11) is 0. The van der Waals surface area contributed by atoms with Crippen molar-refractivity contribution in [2.75, 3.05) is 0 Å². The molecule has 19 heavy (non-hydrogen) atoms. The minimum atomic E-state index is -6.55. The third kappa shape index (κ3) is 5.48. The quantitative estimate of drug-likeness (QED) is 0.761. The Morgan fingerprint density at radius 2 is 1.11 bits per heavy atom. The molecule has 0 spiro atoms. The molecule has 14 heteroatoms. The molecule has 0 amide bonds. The van der Waals surface area contributed by atoms with E-state index in [9.17, 15) is 44.3 Å². The molecule has 0 aliphatic rings. The fourth-order valence-electron chi connectivity index (χ4n) is 0.469. The molecule has 0 atom stereocenters. The van der Waals surface area contributed by atoms with E-state index in [0.29, 0.717) is 0 Å². The molecule has 116 valence electrons. The normalized spacial score (nSPS) is 13.9. The van der Waals surface area contributed by atoms with Crippen molar-refractivity contribution in [3.8, 4) is 0 Å². The Balaban J connectivity index is 0. The van der Waals surface area contributed by atoms with Crippen LogP contribution in [0.4, 0.5) is 39.5 Å². The lowest BCUT2D eigenvalue weighted by Gasteiger charge is -2.27. The second-order valence-corrected chi connectivity index (χ2v) is 2.51. The molecule has 0 aliphatic carbocycles. The van der Waals surface area contributed by atoms with Crippen LogP contribution in [-0.4, -0.2) is 35.8 Å². The average Bonchev–Trinajstić information content (AvgIpc) is 1.95. The van der Waals surface area contributed by atoms with Gasteiger partial charge in [0, 0.05) is 0 Å². The van der Waals surface area contributed by atoms with Gasteiger partial charge in [-0.25, -0.2) is 14.3 Å². The molecular formula is C5H4F9NO4. The number of rotatable bonds is 5. The molecule has 0 aromatic carbocycles. The van der Waals surface area contributed by atoms with E-state index in [4.69, 9.17) is 5.11 Å². The highest BCUT2D eigenvalue weighted by Crippen LogP contribution is 2.43. The first-order valence-corrected chi connectivity index (χ1v) is 3.45. The van der Waals surface area contributed by atoms with Gasteiger partial charge in [0.25, 0.3) is 0 Å². The van der Waals surface area contributed by atoms with Gasteiger partial charge in [-0.2, -0.15) is 26.3 Å². The summed E-state index contributed by atoms with van der Waals surface area (Å²) in [5.41, 5.74) is 0. The second kappa shape index (κ2) is 5.38. The van der Waals surface area contributed by atoms with Crippen molar-refractivity contribution in [2.45, 2.75) is 24.7 Å². The zero-order chi connectivity index (χ0) is 15.0. The van der Waals surface area contributed by atoms with E-state index in [0.717, 1.165) is 0 Å². The summed E-state index contributed by atoms with van der Waals surface area (Å²) >= 11 is 0. The molecule has 5 nitrogen and oxygen atoms in total. The molecule has 0 unspecified atom stereocenters. The number of ether oxygens (including phenoxy) is 2. The van der Waals surface area contributed by atoms with E-state index < -0.39 is 30.7 Å². The maximum absolute atomic E-state index is 12.2. The maximum Gasteiger partial charge on any atom is 0.527 e. The van der Waals surface area contributed by atoms with E-state index in [1.54, 1.807) is 4.74 Å². The first kappa shape index (κ1) is 20.0. The lowest BCUT2D eigenvalue weighted by molar-refractivity contribution is -0.524. The summed E-state index contributed by atoms with van der Waals surface area (Å²) in [6.07, 6.45) is -25.2. The van der Waals surface area contributed by atoms with Crippen molar-refractivity contribution in [3.63, 3.8) is 0 Å². The summed E-state index contributed by atoms with van der Waals surface area (Å²) in [4.78, 5) is 9.59. The fourth-order valence-corrected chi connectivity index (χ4v) is 0.469. The summed E-state index contributed by atoms with van der Waals surface area (Å²) in [6.45, 7) is 0. The van der Waals surface area contributed by atoms with Crippen molar-refractivity contribution in [2.24, 2.45) is 0 Å². The second-order valence-electron chi connectivity index (χ2n) is 2.51. The molecule has 0 aromatic heterocycles. The Morgan fingerprint density at radius 3 is 1.37 bits per heavy atom. The highest BCUT2D eigenvalue weighted by atomic mass is 19.4. The summed E-state index contributed by atoms with van der Waals surface area (Å²) in [6, 6.07) is 0. The van der Waals surface area contributed by atoms with Gasteiger partial charge >= 0.3 is 30.7 Å². The number of carboxylic acids is 1. The maximum atomic E-state index is 12.2. The van der Waals surface area contributed by atoms with Crippen LogP contribution in [-0.2, 0) is 14.3 Å². The van der Waals surface area contributed by atoms with Crippen LogP contribution >= 0.6 is 0 Å². The van der Waals surface area contributed by atoms with Crippen LogP contribution < -0.4 is 6.15 Å². The number of alkyl halides is 9. The highest BCUT2D eigenvalue weighted by Gasteiger charge is 2.69. The topological polar surface area (TPSA) is 90.8 Å². The van der Waals surface area contributed by atoms with Gasteiger partial charge in [0.05, 0.1) is 0 Å². The standard InChI is InChI=1S/C5HF9O4.H3N/c6-2(7,1(15)16)17-3(8,9)4(10,11)18-5(12,13)14;/h(H,15,16);1H3. The van der Waals surface area contributed by atoms with Gasteiger partial charge in [0.15, 0.2) is 0 Å². The van der Waals surface area contributed by atoms with Crippen molar-refractivity contribution < 1.29 is 58.9 Å². The van der Waals surface area contributed by atoms with Crippen LogP contribution in [0, 0.1) is 0 Å². The van der Waals surface area contributed by atoms with Gasteiger partial charge in [-0.1, -0.05) is 0 Å². The minimum Gasteiger partial charge on any atom is -0.475 e. The Labute approximate surface area is 97.0 Å². The van der Waals surface area contributed by atoms with Gasteiger partial charge in [-0.05, 0) is 0 Å². The largest absolute Gasteiger partial charge is 0.527 e. The number of carboxylic acid groups (broad SMARTS) is 1. The fraction of sp³-hybridized carbons (Fsp3) is 0.800. The molecule has 0 heterocycles. The van der Waals surface area contributed by atoms with E-state index in [1.807, 2.05) is 4.74 Å². The van der Waals surface area contributed by atoms with Crippen LogP contribution in [0.5, 0.6) is 0 Å². The van der Waals surface area contributed by atoms with E-state index in [1.165, 1.54) is 0 Å². The Kier molecular flexibility index (Phi) is 5.67. The predicted octanol–water partition coefficient (Wildman–Crippen LogP) is 2.56. The summed E-state index contributed by atoms with van der Waals surface area (Å²) in [5, 5.41) is 7.59. The van der Waals surface area contributed by atoms with E-state index in [-0.39, 0.29) is 6.15 Å². The van der Waals surface area contributed by atoms with Gasteiger partial charge in [0.2, 0.25) is 0 Å². The van der Waals surface area contributed by atoms with Crippen molar-refractivity contribution in [1.82, 2.24) is 6.15 Å². The molecule has 0 saturated heterocycles. The zero-order valence-corrected chi connectivity index (χ0v) is 8.28. The first-order valence-electron chi connectivity index (χ1n) is 3.45. The van der Waals surface area contributed by atoms with Crippen LogP contribution in [0.2, 0.25) is 0 Å². The number of aliphatic carboxylic acids is 1. The molecule has 0 bridgehead atoms. The number of carbonyl (C=O) groups is 1. The average molecular weight is 313 g/mol. The number of hydrogen-bond acceptors (Lipinski definition) is 4. The van der Waals surface area contributed by atoms with E-state index >= 15 is 0 Å². The van der Waals surface area contributed by atoms with Crippen molar-refractivity contribution in [1.29, 1.82) is 0 Å². The number of hydrogen-bond donors (Lipinski definition) is 2. The van der Waals surface area contributed by atoms with Crippen LogP contribution in [0.25, 0.3) is 0 Å². The Bertz CT molecular complexity index is 327. The lowest BCUT2D eigenvalue weighted by Crippen LogP contribution is -2.52. The molecular weight excluding hydrogens is 309 g/mol. The van der Waals surface area contributed by atoms with Gasteiger partial charge < -0.3 is 11.3 Å². The van der Waals surface area contributed by atoms with Gasteiger partial charge in [-0.15, -0.1) is 13.2 Å². The van der Waals surface area contributed by atoms with Gasteiger partial charge in [-0.3, -0.25) is 0 Å². The molecule has 0 aromatic rings. The Hall–Kier alpha value is -1.28. The van der Waals surface area contributed by atoms with Crippen LogP contribution in [0.3, 0.4) is 0 Å². The SMILES string of the molecule is N.O=C(O)C(F)(F)OC(F)(F)C(F)(F)OC(F)(F)F. The lowest BCUT2D eigenvalue weighted by atomic mass is 10.5. The number of halogens is 9. The van der Waals surface area contributed by atoms with E-state index in [2.05, 4.69) is 0 Å². The first-order chi connectivity index (χ1) is 7.61. The Morgan fingerprint density at radius 1 is 0.789 bits per heavy atom. The van der Waals surface area contributed by atoms with Crippen molar-refractivity contribution >= 4 is 5.97 Å².